The maximum absolute atomic E-state index is 13.2. The first kappa shape index (κ1) is 21.1. The fourth-order valence-corrected chi connectivity index (χ4v) is 3.94. The second-order valence-corrected chi connectivity index (χ2v) is 8.30. The van der Waals surface area contributed by atoms with Crippen LogP contribution >= 0.6 is 0 Å². The van der Waals surface area contributed by atoms with Gasteiger partial charge < -0.3 is 5.32 Å². The lowest BCUT2D eigenvalue weighted by Gasteiger charge is -2.25. The molecule has 0 saturated carbocycles. The van der Waals surface area contributed by atoms with E-state index in [2.05, 4.69) is 15.4 Å². The monoisotopic (exact) mass is 420 g/mol. The third kappa shape index (κ3) is 4.94. The van der Waals surface area contributed by atoms with Crippen molar-refractivity contribution >= 4 is 11.6 Å². The molecule has 1 fully saturated rings. The van der Waals surface area contributed by atoms with E-state index >= 15 is 0 Å². The number of amides is 1. The number of hydrogen-bond acceptors (Lipinski definition) is 3. The van der Waals surface area contributed by atoms with Crippen LogP contribution in [0, 0.1) is 13.8 Å². The number of aromatic amines is 1. The Bertz CT molecular complexity index is 1090. The first-order chi connectivity index (χ1) is 15.0. The van der Waals surface area contributed by atoms with E-state index in [1.807, 2.05) is 62.4 Å². The Labute approximate surface area is 182 Å². The summed E-state index contributed by atoms with van der Waals surface area (Å²) >= 11 is 0. The van der Waals surface area contributed by atoms with Crippen LogP contribution in [-0.2, 0) is 6.54 Å². The third-order valence-corrected chi connectivity index (χ3v) is 5.80. The van der Waals surface area contributed by atoms with E-state index in [1.165, 1.54) is 23.9 Å². The molecule has 7 heteroatoms. The molecule has 0 unspecified atom stereocenters. The lowest BCUT2D eigenvalue weighted by atomic mass is 10.1. The summed E-state index contributed by atoms with van der Waals surface area (Å²) < 4.78 is 3.13. The van der Waals surface area contributed by atoms with Gasteiger partial charge in [0, 0.05) is 12.2 Å². The van der Waals surface area contributed by atoms with Crippen LogP contribution in [-0.4, -0.2) is 40.3 Å². The van der Waals surface area contributed by atoms with Crippen molar-refractivity contribution in [1.29, 1.82) is 0 Å². The Balaban J connectivity index is 1.64. The molecule has 4 rings (SSSR count). The average Bonchev–Trinajstić information content (AvgIpc) is 3.11. The number of aromatic nitrogens is 3. The fourth-order valence-electron chi connectivity index (χ4n) is 3.94. The highest BCUT2D eigenvalue weighted by molar-refractivity contribution is 6.01. The zero-order valence-corrected chi connectivity index (χ0v) is 18.2. The van der Waals surface area contributed by atoms with Crippen molar-refractivity contribution in [1.82, 2.24) is 14.8 Å². The van der Waals surface area contributed by atoms with Crippen molar-refractivity contribution < 1.29 is 9.48 Å². The highest BCUT2D eigenvalue weighted by Gasteiger charge is 2.29. The molecule has 2 heterocycles. The maximum Gasteiger partial charge on any atom is 0.411 e. The van der Waals surface area contributed by atoms with Gasteiger partial charge in [-0.1, -0.05) is 51.7 Å². The highest BCUT2D eigenvalue weighted by atomic mass is 16.2. The molecule has 162 valence electrons. The summed E-state index contributed by atoms with van der Waals surface area (Å²) in [6, 6.07) is 15.2. The smallest absolute Gasteiger partial charge is 0.319 e. The predicted octanol–water partition coefficient (Wildman–Crippen LogP) is 2.81. The predicted molar refractivity (Wildman–Crippen MR) is 121 cm³/mol. The molecule has 1 saturated heterocycles. The van der Waals surface area contributed by atoms with E-state index in [1.54, 1.807) is 4.68 Å². The number of rotatable bonds is 6. The van der Waals surface area contributed by atoms with Crippen molar-refractivity contribution in [3.05, 3.63) is 75.7 Å². The standard InChI is InChI=1S/C24H29N5O2/c1-18-6-10-20(11-7-18)25-23(30)22-24(31)29(21-12-8-19(2)9-13-21)26-28(22)17-16-27-14-4-3-5-15-27/h6-13H,3-5,14-17H2,1-2H3,(H-,25,26,30,31)/p+1. The number of carbonyl (C=O) groups is 1. The second kappa shape index (κ2) is 9.31. The van der Waals surface area contributed by atoms with Gasteiger partial charge in [-0.15, -0.1) is 4.68 Å². The van der Waals surface area contributed by atoms with E-state index in [9.17, 15) is 9.59 Å². The molecular formula is C24H30N5O2+. The van der Waals surface area contributed by atoms with Gasteiger partial charge in [-0.25, -0.2) is 4.79 Å². The second-order valence-electron chi connectivity index (χ2n) is 8.30. The molecule has 0 bridgehead atoms. The molecule has 1 aliphatic rings. The Morgan fingerprint density at radius 3 is 2.23 bits per heavy atom. The number of H-pyrrole nitrogens is 1. The van der Waals surface area contributed by atoms with Crippen LogP contribution in [0.3, 0.4) is 0 Å². The summed E-state index contributed by atoms with van der Waals surface area (Å²) in [5.41, 5.74) is 3.35. The Hall–Kier alpha value is -3.19. The molecule has 1 aromatic heterocycles. The molecule has 7 nitrogen and oxygen atoms in total. The summed E-state index contributed by atoms with van der Waals surface area (Å²) in [6.07, 6.45) is 3.67. The van der Waals surface area contributed by atoms with Crippen LogP contribution in [0.1, 0.15) is 40.9 Å². The summed E-state index contributed by atoms with van der Waals surface area (Å²) in [4.78, 5) is 28.7. The quantitative estimate of drug-likeness (QED) is 0.602. The van der Waals surface area contributed by atoms with Gasteiger partial charge in [0.15, 0.2) is 5.69 Å². The summed E-state index contributed by atoms with van der Waals surface area (Å²) in [5.74, 6) is -0.408. The zero-order chi connectivity index (χ0) is 21.8. The van der Waals surface area contributed by atoms with Crippen LogP contribution in [0.2, 0.25) is 0 Å². The van der Waals surface area contributed by atoms with E-state index < -0.39 is 5.91 Å². The van der Waals surface area contributed by atoms with Gasteiger partial charge in [-0.3, -0.25) is 9.69 Å². The largest absolute Gasteiger partial charge is 0.411 e. The number of nitrogens with one attached hydrogen (secondary N) is 2. The van der Waals surface area contributed by atoms with E-state index in [0.29, 0.717) is 17.9 Å². The third-order valence-electron chi connectivity index (χ3n) is 5.80. The van der Waals surface area contributed by atoms with Gasteiger partial charge >= 0.3 is 17.2 Å². The average molecular weight is 421 g/mol. The Morgan fingerprint density at radius 2 is 1.58 bits per heavy atom. The van der Waals surface area contributed by atoms with Gasteiger partial charge in [0.1, 0.15) is 6.54 Å². The van der Waals surface area contributed by atoms with Crippen LogP contribution in [0.4, 0.5) is 5.69 Å². The number of likely N-dealkylation sites (tertiary alicyclic amines) is 1. The molecular weight excluding hydrogens is 390 g/mol. The molecule has 2 aromatic carbocycles. The van der Waals surface area contributed by atoms with Crippen LogP contribution in [0.25, 0.3) is 5.69 Å². The first-order valence-electron chi connectivity index (χ1n) is 10.9. The van der Waals surface area contributed by atoms with Crippen molar-refractivity contribution in [3.8, 4) is 5.69 Å². The van der Waals surface area contributed by atoms with Crippen molar-refractivity contribution in [2.45, 2.75) is 39.7 Å². The number of benzene rings is 2. The molecule has 0 atom stereocenters. The van der Waals surface area contributed by atoms with Crippen molar-refractivity contribution in [2.24, 2.45) is 0 Å². The van der Waals surface area contributed by atoms with Gasteiger partial charge in [-0.2, -0.15) is 0 Å². The summed E-state index contributed by atoms with van der Waals surface area (Å²) in [5, 5.41) is 6.01. The molecule has 0 aliphatic carbocycles. The number of carbonyl (C=O) groups excluding carboxylic acids is 1. The summed E-state index contributed by atoms with van der Waals surface area (Å²) in [7, 11) is 0. The minimum absolute atomic E-state index is 0.109. The minimum Gasteiger partial charge on any atom is -0.319 e. The molecule has 1 aliphatic heterocycles. The van der Waals surface area contributed by atoms with Gasteiger partial charge in [0.05, 0.1) is 0 Å². The number of aryl methyl sites for hydroxylation is 2. The number of hydrogen-bond donors (Lipinski definition) is 2. The molecule has 0 spiro atoms. The van der Waals surface area contributed by atoms with Gasteiger partial charge in [0.2, 0.25) is 0 Å². The maximum atomic E-state index is 13.2. The first-order valence-corrected chi connectivity index (χ1v) is 10.9. The topological polar surface area (TPSA) is 74.0 Å². The molecule has 1 amide bonds. The number of anilines is 1. The SMILES string of the molecule is Cc1ccc(NC(=O)c2c(=O)n(-c3ccc(C)cc3)[nH][n+]2CCN2CCCCC2)cc1. The van der Waals surface area contributed by atoms with Gasteiger partial charge in [0.25, 0.3) is 0 Å². The fraction of sp³-hybridized carbons (Fsp3) is 0.375. The number of piperidine rings is 1. The van der Waals surface area contributed by atoms with E-state index in [4.69, 9.17) is 0 Å². The van der Waals surface area contributed by atoms with Crippen molar-refractivity contribution in [2.75, 3.05) is 25.0 Å². The molecule has 31 heavy (non-hydrogen) atoms. The normalized spacial score (nSPS) is 14.5. The molecule has 0 radical (unpaired) electrons. The van der Waals surface area contributed by atoms with Gasteiger partial charge in [-0.05, 0) is 64.0 Å². The van der Waals surface area contributed by atoms with E-state index in [-0.39, 0.29) is 11.3 Å². The Morgan fingerprint density at radius 1 is 0.968 bits per heavy atom. The highest BCUT2D eigenvalue weighted by Crippen LogP contribution is 2.11. The molecule has 2 N–H and O–H groups in total. The van der Waals surface area contributed by atoms with Crippen molar-refractivity contribution in [3.63, 3.8) is 0 Å². The van der Waals surface area contributed by atoms with Crippen LogP contribution in [0.5, 0.6) is 0 Å². The summed E-state index contributed by atoms with van der Waals surface area (Å²) in [6.45, 7) is 7.46. The number of nitrogens with zero attached hydrogens (tertiary/aromatic N) is 3. The van der Waals surface area contributed by atoms with Crippen LogP contribution in [0.15, 0.2) is 53.3 Å². The van der Waals surface area contributed by atoms with E-state index in [0.717, 1.165) is 30.8 Å². The lowest BCUT2D eigenvalue weighted by Crippen LogP contribution is -2.49. The Kier molecular flexibility index (Phi) is 6.32. The zero-order valence-electron chi connectivity index (χ0n) is 18.2. The van der Waals surface area contributed by atoms with Crippen LogP contribution < -0.4 is 15.6 Å². The molecule has 3 aromatic rings. The lowest BCUT2D eigenvalue weighted by molar-refractivity contribution is -0.755. The minimum atomic E-state index is -0.408.